The normalized spacial score (nSPS) is 11.1. The van der Waals surface area contributed by atoms with Gasteiger partial charge in [-0.2, -0.15) is 5.10 Å². The van der Waals surface area contributed by atoms with Gasteiger partial charge in [0, 0.05) is 12.1 Å². The standard InChI is InChI=1S/C24H24FN3O3/c1-16(2)13-26-23(29)24(30)28-27-14-21-20-6-4-3-5-18(20)9-12-22(21)31-15-17-7-10-19(25)11-8-17/h3-12,14,16H,13,15H2,1-2H3,(H,26,29)(H,28,30)/b27-14-. The number of rotatable bonds is 7. The SMILES string of the molecule is CC(C)CNC(=O)C(=O)N/N=C\c1c(OCc2ccc(F)cc2)ccc2ccccc12. The minimum Gasteiger partial charge on any atom is -0.488 e. The van der Waals surface area contributed by atoms with Gasteiger partial charge in [-0.1, -0.05) is 56.3 Å². The molecule has 0 aromatic heterocycles. The quantitative estimate of drug-likeness (QED) is 0.346. The zero-order chi connectivity index (χ0) is 22.2. The molecule has 160 valence electrons. The van der Waals surface area contributed by atoms with E-state index in [2.05, 4.69) is 15.8 Å². The Kier molecular flexibility index (Phi) is 7.32. The number of fused-ring (bicyclic) bond motifs is 1. The lowest BCUT2D eigenvalue weighted by Crippen LogP contribution is -2.39. The second-order valence-corrected chi connectivity index (χ2v) is 7.42. The summed E-state index contributed by atoms with van der Waals surface area (Å²) in [5.41, 5.74) is 3.72. The summed E-state index contributed by atoms with van der Waals surface area (Å²) in [6, 6.07) is 17.5. The van der Waals surface area contributed by atoms with Crippen molar-refractivity contribution >= 4 is 28.8 Å². The first-order valence-electron chi connectivity index (χ1n) is 9.94. The Bertz CT molecular complexity index is 1090. The van der Waals surface area contributed by atoms with Crippen LogP contribution in [0.25, 0.3) is 10.8 Å². The van der Waals surface area contributed by atoms with E-state index < -0.39 is 11.8 Å². The van der Waals surface area contributed by atoms with Gasteiger partial charge >= 0.3 is 11.8 Å². The van der Waals surface area contributed by atoms with E-state index in [-0.39, 0.29) is 18.3 Å². The second kappa shape index (κ2) is 10.3. The van der Waals surface area contributed by atoms with Crippen molar-refractivity contribution in [3.8, 4) is 5.75 Å². The minimum absolute atomic E-state index is 0.233. The topological polar surface area (TPSA) is 79.8 Å². The van der Waals surface area contributed by atoms with Crippen molar-refractivity contribution in [3.05, 3.63) is 77.6 Å². The van der Waals surface area contributed by atoms with Crippen LogP contribution in [0.2, 0.25) is 0 Å². The number of halogens is 1. The molecule has 0 aliphatic carbocycles. The third kappa shape index (κ3) is 6.12. The van der Waals surface area contributed by atoms with Gasteiger partial charge in [-0.3, -0.25) is 9.59 Å². The number of nitrogens with zero attached hydrogens (tertiary/aromatic N) is 1. The number of hydrogen-bond donors (Lipinski definition) is 2. The lowest BCUT2D eigenvalue weighted by atomic mass is 10.0. The van der Waals surface area contributed by atoms with E-state index >= 15 is 0 Å². The fourth-order valence-corrected chi connectivity index (χ4v) is 2.86. The average Bonchev–Trinajstić information content (AvgIpc) is 2.77. The number of carbonyl (C=O) groups excluding carboxylic acids is 2. The Balaban J connectivity index is 1.77. The molecular formula is C24H24FN3O3. The van der Waals surface area contributed by atoms with Gasteiger partial charge in [-0.05, 0) is 40.5 Å². The maximum absolute atomic E-state index is 13.1. The summed E-state index contributed by atoms with van der Waals surface area (Å²) >= 11 is 0. The molecule has 0 aliphatic heterocycles. The van der Waals surface area contributed by atoms with Crippen molar-refractivity contribution in [3.63, 3.8) is 0 Å². The first-order valence-corrected chi connectivity index (χ1v) is 9.94. The van der Waals surface area contributed by atoms with E-state index in [1.165, 1.54) is 18.3 Å². The number of carbonyl (C=O) groups is 2. The largest absolute Gasteiger partial charge is 0.488 e. The molecular weight excluding hydrogens is 397 g/mol. The van der Waals surface area contributed by atoms with Crippen LogP contribution in [-0.4, -0.2) is 24.6 Å². The van der Waals surface area contributed by atoms with E-state index in [0.29, 0.717) is 17.9 Å². The van der Waals surface area contributed by atoms with Crippen molar-refractivity contribution in [1.82, 2.24) is 10.7 Å². The Morgan fingerprint density at radius 1 is 1.03 bits per heavy atom. The first-order chi connectivity index (χ1) is 14.9. The Labute approximate surface area is 180 Å². The maximum Gasteiger partial charge on any atom is 0.329 e. The molecule has 0 atom stereocenters. The molecule has 3 aromatic rings. The highest BCUT2D eigenvalue weighted by molar-refractivity contribution is 6.35. The van der Waals surface area contributed by atoms with E-state index in [1.807, 2.05) is 50.2 Å². The number of hydrazone groups is 1. The molecule has 0 bridgehead atoms. The molecule has 0 spiro atoms. The van der Waals surface area contributed by atoms with Crippen LogP contribution in [-0.2, 0) is 16.2 Å². The van der Waals surface area contributed by atoms with E-state index in [1.54, 1.807) is 12.1 Å². The van der Waals surface area contributed by atoms with Gasteiger partial charge in [-0.15, -0.1) is 0 Å². The van der Waals surface area contributed by atoms with Crippen LogP contribution in [0.5, 0.6) is 5.75 Å². The molecule has 0 fully saturated rings. The van der Waals surface area contributed by atoms with Crippen molar-refractivity contribution in [1.29, 1.82) is 0 Å². The fourth-order valence-electron chi connectivity index (χ4n) is 2.86. The van der Waals surface area contributed by atoms with Crippen LogP contribution < -0.4 is 15.5 Å². The van der Waals surface area contributed by atoms with Crippen molar-refractivity contribution in [2.24, 2.45) is 11.0 Å². The molecule has 31 heavy (non-hydrogen) atoms. The molecule has 2 amide bonds. The highest BCUT2D eigenvalue weighted by Crippen LogP contribution is 2.27. The number of ether oxygens (including phenoxy) is 1. The van der Waals surface area contributed by atoms with Crippen LogP contribution >= 0.6 is 0 Å². The molecule has 0 heterocycles. The maximum atomic E-state index is 13.1. The lowest BCUT2D eigenvalue weighted by Gasteiger charge is -2.12. The van der Waals surface area contributed by atoms with Crippen LogP contribution in [0.15, 0.2) is 65.8 Å². The van der Waals surface area contributed by atoms with Crippen LogP contribution in [0.3, 0.4) is 0 Å². The predicted octanol–water partition coefficient (Wildman–Crippen LogP) is 3.78. The van der Waals surface area contributed by atoms with Gasteiger partial charge in [0.2, 0.25) is 0 Å². The number of nitrogens with one attached hydrogen (secondary N) is 2. The first kappa shape index (κ1) is 22.0. The third-order valence-corrected chi connectivity index (χ3v) is 4.48. The summed E-state index contributed by atoms with van der Waals surface area (Å²) in [5.74, 6) is -1.11. The van der Waals surface area contributed by atoms with Gasteiger partial charge in [0.05, 0.1) is 6.21 Å². The summed E-state index contributed by atoms with van der Waals surface area (Å²) in [6.45, 7) is 4.51. The molecule has 3 rings (SSSR count). The molecule has 7 heteroatoms. The molecule has 3 aromatic carbocycles. The summed E-state index contributed by atoms with van der Waals surface area (Å²) in [5, 5.41) is 8.34. The van der Waals surface area contributed by atoms with E-state index in [9.17, 15) is 14.0 Å². The fraction of sp³-hybridized carbons (Fsp3) is 0.208. The van der Waals surface area contributed by atoms with Crippen molar-refractivity contribution < 1.29 is 18.7 Å². The van der Waals surface area contributed by atoms with Gasteiger partial charge in [-0.25, -0.2) is 9.82 Å². The third-order valence-electron chi connectivity index (χ3n) is 4.48. The van der Waals surface area contributed by atoms with Crippen LogP contribution in [0, 0.1) is 11.7 Å². The molecule has 0 unspecified atom stereocenters. The monoisotopic (exact) mass is 421 g/mol. The summed E-state index contributed by atoms with van der Waals surface area (Å²) in [7, 11) is 0. The molecule has 2 N–H and O–H groups in total. The second-order valence-electron chi connectivity index (χ2n) is 7.42. The van der Waals surface area contributed by atoms with Gasteiger partial charge in [0.25, 0.3) is 0 Å². The number of hydrogen-bond acceptors (Lipinski definition) is 4. The number of amides is 2. The molecule has 6 nitrogen and oxygen atoms in total. The zero-order valence-electron chi connectivity index (χ0n) is 17.4. The van der Waals surface area contributed by atoms with Crippen LogP contribution in [0.4, 0.5) is 4.39 Å². The molecule has 0 saturated heterocycles. The minimum atomic E-state index is -0.842. The Morgan fingerprint density at radius 3 is 2.52 bits per heavy atom. The van der Waals surface area contributed by atoms with E-state index in [4.69, 9.17) is 4.74 Å². The average molecular weight is 421 g/mol. The summed E-state index contributed by atoms with van der Waals surface area (Å²) in [4.78, 5) is 23.7. The van der Waals surface area contributed by atoms with Gasteiger partial charge < -0.3 is 10.1 Å². The Morgan fingerprint density at radius 2 is 1.77 bits per heavy atom. The smallest absolute Gasteiger partial charge is 0.329 e. The number of benzene rings is 3. The highest BCUT2D eigenvalue weighted by atomic mass is 19.1. The molecule has 0 saturated carbocycles. The van der Waals surface area contributed by atoms with Crippen LogP contribution in [0.1, 0.15) is 25.0 Å². The summed E-state index contributed by atoms with van der Waals surface area (Å²) < 4.78 is 19.1. The van der Waals surface area contributed by atoms with Gasteiger partial charge in [0.15, 0.2) is 0 Å². The predicted molar refractivity (Wildman–Crippen MR) is 118 cm³/mol. The summed E-state index contributed by atoms with van der Waals surface area (Å²) in [6.07, 6.45) is 1.45. The van der Waals surface area contributed by atoms with Crippen molar-refractivity contribution in [2.45, 2.75) is 20.5 Å². The van der Waals surface area contributed by atoms with Gasteiger partial charge in [0.1, 0.15) is 18.2 Å². The van der Waals surface area contributed by atoms with Crippen molar-refractivity contribution in [2.75, 3.05) is 6.54 Å². The molecule has 0 radical (unpaired) electrons. The Hall–Kier alpha value is -3.74. The van der Waals surface area contributed by atoms with E-state index in [0.717, 1.165) is 16.3 Å². The highest BCUT2D eigenvalue weighted by Gasteiger charge is 2.13. The molecule has 0 aliphatic rings. The zero-order valence-corrected chi connectivity index (χ0v) is 17.4. The lowest BCUT2D eigenvalue weighted by molar-refractivity contribution is -0.139.